The summed E-state index contributed by atoms with van der Waals surface area (Å²) in [6, 6.07) is 1.63. The Morgan fingerprint density at radius 2 is 2.31 bits per heavy atom. The molecule has 0 fully saturated rings. The Morgan fingerprint density at radius 1 is 1.46 bits per heavy atom. The van der Waals surface area contributed by atoms with Crippen LogP contribution in [-0.4, -0.2) is 15.0 Å². The zero-order chi connectivity index (χ0) is 9.26. The van der Waals surface area contributed by atoms with Crippen LogP contribution in [0.15, 0.2) is 23.4 Å². The molecule has 5 nitrogen and oxygen atoms in total. The fourth-order valence-electron chi connectivity index (χ4n) is 1.21. The number of hydrogen-bond acceptors (Lipinski definition) is 4. The average molecular weight is 176 g/mol. The van der Waals surface area contributed by atoms with Crippen LogP contribution in [0.3, 0.4) is 0 Å². The fraction of sp³-hybridized carbons (Fsp3) is 0.125. The standard InChI is InChI=1S/C8H8N4O/c9-3-6-7-5(1-2-10-6)8(13)12-4-11-7/h1-2,4H,3,9H2,(H,11,12,13). The lowest BCUT2D eigenvalue weighted by Gasteiger charge is -1.99. The first-order valence-electron chi connectivity index (χ1n) is 3.84. The number of H-pyrrole nitrogens is 1. The molecule has 0 atom stereocenters. The van der Waals surface area contributed by atoms with E-state index in [2.05, 4.69) is 15.0 Å². The van der Waals surface area contributed by atoms with Gasteiger partial charge in [0.25, 0.3) is 5.56 Å². The number of hydrogen-bond donors (Lipinski definition) is 2. The zero-order valence-electron chi connectivity index (χ0n) is 6.82. The summed E-state index contributed by atoms with van der Waals surface area (Å²) >= 11 is 0. The van der Waals surface area contributed by atoms with Gasteiger partial charge < -0.3 is 10.7 Å². The highest BCUT2D eigenvalue weighted by atomic mass is 16.1. The minimum Gasteiger partial charge on any atom is -0.325 e. The van der Waals surface area contributed by atoms with E-state index in [9.17, 15) is 4.79 Å². The number of fused-ring (bicyclic) bond motifs is 1. The van der Waals surface area contributed by atoms with Crippen molar-refractivity contribution in [1.82, 2.24) is 15.0 Å². The van der Waals surface area contributed by atoms with Gasteiger partial charge in [0.2, 0.25) is 0 Å². The molecule has 0 aliphatic heterocycles. The third-order valence-electron chi connectivity index (χ3n) is 1.83. The summed E-state index contributed by atoms with van der Waals surface area (Å²) in [5, 5.41) is 0.526. The first-order chi connectivity index (χ1) is 6.33. The highest BCUT2D eigenvalue weighted by Gasteiger charge is 2.03. The Labute approximate surface area is 73.6 Å². The van der Waals surface area contributed by atoms with Crippen LogP contribution in [0, 0.1) is 0 Å². The molecule has 0 saturated heterocycles. The van der Waals surface area contributed by atoms with Crippen molar-refractivity contribution in [2.45, 2.75) is 6.54 Å². The number of nitrogens with two attached hydrogens (primary N) is 1. The van der Waals surface area contributed by atoms with E-state index >= 15 is 0 Å². The summed E-state index contributed by atoms with van der Waals surface area (Å²) < 4.78 is 0. The van der Waals surface area contributed by atoms with E-state index in [4.69, 9.17) is 5.73 Å². The van der Waals surface area contributed by atoms with Crippen molar-refractivity contribution < 1.29 is 0 Å². The maximum absolute atomic E-state index is 11.3. The van der Waals surface area contributed by atoms with Crippen molar-refractivity contribution in [3.63, 3.8) is 0 Å². The van der Waals surface area contributed by atoms with E-state index in [0.717, 1.165) is 0 Å². The maximum Gasteiger partial charge on any atom is 0.258 e. The quantitative estimate of drug-likeness (QED) is 0.628. The molecule has 3 N–H and O–H groups in total. The van der Waals surface area contributed by atoms with Gasteiger partial charge in [-0.3, -0.25) is 9.78 Å². The van der Waals surface area contributed by atoms with E-state index in [1.54, 1.807) is 12.3 Å². The molecule has 2 rings (SSSR count). The molecule has 0 radical (unpaired) electrons. The number of rotatable bonds is 1. The van der Waals surface area contributed by atoms with Gasteiger partial charge in [0.15, 0.2) is 0 Å². The highest BCUT2D eigenvalue weighted by Crippen LogP contribution is 2.07. The molecular formula is C8H8N4O. The second-order valence-electron chi connectivity index (χ2n) is 2.59. The number of nitrogens with one attached hydrogen (secondary N) is 1. The summed E-state index contributed by atoms with van der Waals surface area (Å²) in [6.45, 7) is 0.286. The number of nitrogens with zero attached hydrogens (tertiary/aromatic N) is 2. The molecule has 2 aromatic heterocycles. The van der Waals surface area contributed by atoms with Crippen molar-refractivity contribution in [1.29, 1.82) is 0 Å². The summed E-state index contributed by atoms with van der Waals surface area (Å²) in [5.74, 6) is 0. The van der Waals surface area contributed by atoms with Crippen LogP contribution in [0.5, 0.6) is 0 Å². The van der Waals surface area contributed by atoms with Crippen LogP contribution in [0.4, 0.5) is 0 Å². The minimum atomic E-state index is -0.165. The van der Waals surface area contributed by atoms with Crippen LogP contribution in [0.25, 0.3) is 10.9 Å². The SMILES string of the molecule is NCc1nccc2c(=O)[nH]cnc12. The average Bonchev–Trinajstić information content (AvgIpc) is 2.18. The Morgan fingerprint density at radius 3 is 3.08 bits per heavy atom. The lowest BCUT2D eigenvalue weighted by atomic mass is 10.2. The minimum absolute atomic E-state index is 0.165. The predicted molar refractivity (Wildman–Crippen MR) is 48.1 cm³/mol. The molecule has 0 spiro atoms. The van der Waals surface area contributed by atoms with Crippen molar-refractivity contribution in [2.75, 3.05) is 0 Å². The van der Waals surface area contributed by atoms with Crippen molar-refractivity contribution in [3.05, 3.63) is 34.6 Å². The van der Waals surface area contributed by atoms with E-state index < -0.39 is 0 Å². The summed E-state index contributed by atoms with van der Waals surface area (Å²) in [7, 11) is 0. The van der Waals surface area contributed by atoms with Crippen molar-refractivity contribution in [2.24, 2.45) is 5.73 Å². The molecule has 5 heteroatoms. The summed E-state index contributed by atoms with van der Waals surface area (Å²) in [6.07, 6.45) is 2.91. The van der Waals surface area contributed by atoms with Crippen molar-refractivity contribution >= 4 is 10.9 Å². The third kappa shape index (κ3) is 1.19. The van der Waals surface area contributed by atoms with Crippen LogP contribution in [0.2, 0.25) is 0 Å². The third-order valence-corrected chi connectivity index (χ3v) is 1.83. The first-order valence-corrected chi connectivity index (χ1v) is 3.84. The highest BCUT2D eigenvalue weighted by molar-refractivity contribution is 5.78. The monoisotopic (exact) mass is 176 g/mol. The summed E-state index contributed by atoms with van der Waals surface area (Å²) in [5.41, 5.74) is 6.51. The van der Waals surface area contributed by atoms with Crippen LogP contribution < -0.4 is 11.3 Å². The van der Waals surface area contributed by atoms with Gasteiger partial charge in [-0.05, 0) is 6.07 Å². The molecular weight excluding hydrogens is 168 g/mol. The molecule has 0 unspecified atom stereocenters. The van der Waals surface area contributed by atoms with Gasteiger partial charge in [-0.15, -0.1) is 0 Å². The lowest BCUT2D eigenvalue weighted by Crippen LogP contribution is -2.09. The molecule has 0 bridgehead atoms. The van der Waals surface area contributed by atoms with E-state index in [0.29, 0.717) is 16.6 Å². The molecule has 0 aromatic carbocycles. The largest absolute Gasteiger partial charge is 0.325 e. The molecule has 0 amide bonds. The van der Waals surface area contributed by atoms with Crippen LogP contribution >= 0.6 is 0 Å². The smallest absolute Gasteiger partial charge is 0.258 e. The molecule has 0 saturated carbocycles. The Hall–Kier alpha value is -1.75. The van der Waals surface area contributed by atoms with Gasteiger partial charge in [0, 0.05) is 12.7 Å². The topological polar surface area (TPSA) is 84.7 Å². The lowest BCUT2D eigenvalue weighted by molar-refractivity contribution is 0.993. The molecule has 66 valence electrons. The van der Waals surface area contributed by atoms with Gasteiger partial charge >= 0.3 is 0 Å². The van der Waals surface area contributed by atoms with Gasteiger partial charge in [0.05, 0.1) is 17.4 Å². The summed E-state index contributed by atoms with van der Waals surface area (Å²) in [4.78, 5) is 21.8. The Kier molecular flexibility index (Phi) is 1.79. The molecule has 0 aliphatic carbocycles. The predicted octanol–water partition coefficient (Wildman–Crippen LogP) is -0.223. The van der Waals surface area contributed by atoms with E-state index in [-0.39, 0.29) is 12.1 Å². The Balaban J connectivity index is 2.92. The van der Waals surface area contributed by atoms with E-state index in [1.165, 1.54) is 6.33 Å². The molecule has 2 aromatic rings. The molecule has 2 heterocycles. The van der Waals surface area contributed by atoms with Crippen molar-refractivity contribution in [3.8, 4) is 0 Å². The Bertz CT molecular complexity index is 491. The van der Waals surface area contributed by atoms with Gasteiger partial charge in [-0.25, -0.2) is 4.98 Å². The van der Waals surface area contributed by atoms with Gasteiger partial charge in [-0.2, -0.15) is 0 Å². The normalized spacial score (nSPS) is 10.5. The zero-order valence-corrected chi connectivity index (χ0v) is 6.82. The van der Waals surface area contributed by atoms with Gasteiger partial charge in [-0.1, -0.05) is 0 Å². The van der Waals surface area contributed by atoms with Crippen LogP contribution in [0.1, 0.15) is 5.69 Å². The maximum atomic E-state index is 11.3. The molecule has 0 aliphatic rings. The number of aromatic nitrogens is 3. The number of aromatic amines is 1. The fourth-order valence-corrected chi connectivity index (χ4v) is 1.21. The second-order valence-corrected chi connectivity index (χ2v) is 2.59. The van der Waals surface area contributed by atoms with Gasteiger partial charge in [0.1, 0.15) is 5.52 Å². The molecule has 13 heavy (non-hydrogen) atoms. The first kappa shape index (κ1) is 7.88. The van der Waals surface area contributed by atoms with Crippen LogP contribution in [-0.2, 0) is 6.54 Å². The van der Waals surface area contributed by atoms with E-state index in [1.807, 2.05) is 0 Å². The number of pyridine rings is 1. The second kappa shape index (κ2) is 2.95.